The predicted molar refractivity (Wildman–Crippen MR) is 75.4 cm³/mol. The molecule has 1 aliphatic heterocycles. The van der Waals surface area contributed by atoms with Gasteiger partial charge in [-0.15, -0.1) is 0 Å². The van der Waals surface area contributed by atoms with Gasteiger partial charge in [0.05, 0.1) is 6.54 Å². The van der Waals surface area contributed by atoms with Gasteiger partial charge < -0.3 is 4.90 Å². The van der Waals surface area contributed by atoms with E-state index < -0.39 is 0 Å². The molecule has 2 fully saturated rings. The van der Waals surface area contributed by atoms with Crippen molar-refractivity contribution in [1.29, 1.82) is 0 Å². The fourth-order valence-electron chi connectivity index (χ4n) is 3.54. The molecule has 0 bridgehead atoms. The lowest BCUT2D eigenvalue weighted by atomic mass is 9.96. The van der Waals surface area contributed by atoms with Crippen LogP contribution in [0.2, 0.25) is 0 Å². The van der Waals surface area contributed by atoms with Crippen molar-refractivity contribution in [2.45, 2.75) is 38.9 Å². The van der Waals surface area contributed by atoms with Crippen molar-refractivity contribution in [2.24, 2.45) is 11.8 Å². The molecule has 0 radical (unpaired) electrons. The molecule has 1 aliphatic carbocycles. The topological polar surface area (TPSA) is 32.3 Å². The lowest BCUT2D eigenvalue weighted by Crippen LogP contribution is -2.41. The fraction of sp³-hybridized carbons (Fsp3) is 0.562. The molecule has 1 aromatic rings. The molecule has 1 heterocycles. The van der Waals surface area contributed by atoms with Gasteiger partial charge in [-0.2, -0.15) is 0 Å². The van der Waals surface area contributed by atoms with Gasteiger partial charge in [0.25, 0.3) is 0 Å². The molecule has 1 saturated carbocycles. The number of amides is 1. The van der Waals surface area contributed by atoms with Gasteiger partial charge in [0.15, 0.2) is 0 Å². The Hall–Kier alpha value is -1.35. The quantitative estimate of drug-likeness (QED) is 0.884. The Morgan fingerprint density at radius 1 is 1.16 bits per heavy atom. The van der Waals surface area contributed by atoms with Gasteiger partial charge in [0, 0.05) is 6.04 Å². The summed E-state index contributed by atoms with van der Waals surface area (Å²) in [5, 5.41) is 3.36. The summed E-state index contributed by atoms with van der Waals surface area (Å²) in [6.07, 6.45) is 2.43. The second-order valence-electron chi connectivity index (χ2n) is 5.98. The highest BCUT2D eigenvalue weighted by molar-refractivity contribution is 5.81. The van der Waals surface area contributed by atoms with Gasteiger partial charge in [0.1, 0.15) is 6.17 Å². The predicted octanol–water partition coefficient (Wildman–Crippen LogP) is 2.55. The van der Waals surface area contributed by atoms with E-state index in [9.17, 15) is 4.79 Å². The van der Waals surface area contributed by atoms with Crippen molar-refractivity contribution in [2.75, 3.05) is 6.54 Å². The first-order valence-electron chi connectivity index (χ1n) is 7.28. The highest BCUT2D eigenvalue weighted by atomic mass is 16.2. The third kappa shape index (κ3) is 2.16. The number of carbonyl (C=O) groups excluding carboxylic acids is 1. The zero-order valence-electron chi connectivity index (χ0n) is 11.7. The molecular formula is C16H22N2O. The number of nitrogens with one attached hydrogen (secondary N) is 1. The van der Waals surface area contributed by atoms with E-state index in [1.54, 1.807) is 0 Å². The number of hydrogen-bond donors (Lipinski definition) is 1. The van der Waals surface area contributed by atoms with Crippen LogP contribution in [0.25, 0.3) is 0 Å². The van der Waals surface area contributed by atoms with Crippen LogP contribution in [0.5, 0.6) is 0 Å². The highest BCUT2D eigenvalue weighted by Crippen LogP contribution is 2.39. The summed E-state index contributed by atoms with van der Waals surface area (Å²) in [6, 6.07) is 10.7. The van der Waals surface area contributed by atoms with Crippen LogP contribution >= 0.6 is 0 Å². The Bertz CT molecular complexity index is 459. The molecule has 4 unspecified atom stereocenters. The molecule has 1 N–H and O–H groups in total. The first kappa shape index (κ1) is 12.7. The Kier molecular flexibility index (Phi) is 3.31. The van der Waals surface area contributed by atoms with Crippen molar-refractivity contribution in [1.82, 2.24) is 10.2 Å². The Morgan fingerprint density at radius 2 is 1.89 bits per heavy atom. The zero-order valence-corrected chi connectivity index (χ0v) is 11.7. The average Bonchev–Trinajstić information content (AvgIpc) is 2.95. The minimum absolute atomic E-state index is 0.0615. The van der Waals surface area contributed by atoms with Crippen LogP contribution in [0.3, 0.4) is 0 Å². The molecule has 102 valence electrons. The number of hydrogen-bond acceptors (Lipinski definition) is 2. The maximum absolute atomic E-state index is 12.3. The van der Waals surface area contributed by atoms with Crippen LogP contribution in [0, 0.1) is 11.8 Å². The van der Waals surface area contributed by atoms with E-state index in [-0.39, 0.29) is 12.1 Å². The summed E-state index contributed by atoms with van der Waals surface area (Å²) < 4.78 is 0. The van der Waals surface area contributed by atoms with E-state index in [1.807, 2.05) is 18.2 Å². The van der Waals surface area contributed by atoms with Gasteiger partial charge in [0.2, 0.25) is 5.91 Å². The molecule has 3 nitrogen and oxygen atoms in total. The molecule has 19 heavy (non-hydrogen) atoms. The van der Waals surface area contributed by atoms with Gasteiger partial charge >= 0.3 is 0 Å². The van der Waals surface area contributed by atoms with E-state index >= 15 is 0 Å². The molecular weight excluding hydrogens is 236 g/mol. The monoisotopic (exact) mass is 258 g/mol. The van der Waals surface area contributed by atoms with Crippen LogP contribution in [-0.4, -0.2) is 23.4 Å². The van der Waals surface area contributed by atoms with Crippen LogP contribution in [0.1, 0.15) is 38.4 Å². The highest BCUT2D eigenvalue weighted by Gasteiger charge is 2.42. The second-order valence-corrected chi connectivity index (χ2v) is 5.98. The van der Waals surface area contributed by atoms with Crippen LogP contribution < -0.4 is 5.32 Å². The molecule has 0 spiro atoms. The first-order valence-corrected chi connectivity index (χ1v) is 7.28. The number of nitrogens with zero attached hydrogens (tertiary/aromatic N) is 1. The van der Waals surface area contributed by atoms with Crippen molar-refractivity contribution < 1.29 is 4.79 Å². The zero-order chi connectivity index (χ0) is 13.4. The standard InChI is InChI=1S/C16H22N2O/c1-11-8-9-14(12(11)2)18-15(19)10-17-16(18)13-6-4-3-5-7-13/h3-7,11-12,14,16-17H,8-10H2,1-2H3. The summed E-state index contributed by atoms with van der Waals surface area (Å²) in [7, 11) is 0. The molecule has 2 aliphatic rings. The first-order chi connectivity index (χ1) is 9.18. The van der Waals surface area contributed by atoms with E-state index in [0.29, 0.717) is 18.5 Å². The van der Waals surface area contributed by atoms with E-state index in [1.165, 1.54) is 12.0 Å². The molecule has 3 rings (SSSR count). The Labute approximate surface area is 115 Å². The van der Waals surface area contributed by atoms with Gasteiger partial charge in [-0.25, -0.2) is 0 Å². The van der Waals surface area contributed by atoms with E-state index in [4.69, 9.17) is 0 Å². The van der Waals surface area contributed by atoms with Crippen molar-refractivity contribution in [3.63, 3.8) is 0 Å². The van der Waals surface area contributed by atoms with Crippen LogP contribution in [-0.2, 0) is 4.79 Å². The van der Waals surface area contributed by atoms with E-state index in [2.05, 4.69) is 36.2 Å². The summed E-state index contributed by atoms with van der Waals surface area (Å²) in [5.74, 6) is 1.56. The van der Waals surface area contributed by atoms with Gasteiger partial charge in [-0.1, -0.05) is 44.2 Å². The molecule has 3 heteroatoms. The van der Waals surface area contributed by atoms with Crippen molar-refractivity contribution >= 4 is 5.91 Å². The summed E-state index contributed by atoms with van der Waals surface area (Å²) in [5.41, 5.74) is 1.19. The average molecular weight is 258 g/mol. The number of carbonyl (C=O) groups is 1. The molecule has 0 aromatic heterocycles. The number of benzene rings is 1. The Morgan fingerprint density at radius 3 is 2.53 bits per heavy atom. The molecule has 1 aromatic carbocycles. The van der Waals surface area contributed by atoms with Crippen molar-refractivity contribution in [3.05, 3.63) is 35.9 Å². The summed E-state index contributed by atoms with van der Waals surface area (Å²) >= 11 is 0. The minimum Gasteiger partial charge on any atom is -0.319 e. The van der Waals surface area contributed by atoms with Crippen LogP contribution in [0.4, 0.5) is 0 Å². The smallest absolute Gasteiger partial charge is 0.238 e. The fourth-order valence-corrected chi connectivity index (χ4v) is 3.54. The molecule has 4 atom stereocenters. The second kappa shape index (κ2) is 4.97. The van der Waals surface area contributed by atoms with E-state index in [0.717, 1.165) is 12.3 Å². The maximum Gasteiger partial charge on any atom is 0.238 e. The third-order valence-electron chi connectivity index (χ3n) is 4.91. The van der Waals surface area contributed by atoms with Gasteiger partial charge in [-0.05, 0) is 30.2 Å². The summed E-state index contributed by atoms with van der Waals surface area (Å²) in [6.45, 7) is 5.06. The third-order valence-corrected chi connectivity index (χ3v) is 4.91. The number of rotatable bonds is 2. The maximum atomic E-state index is 12.3. The largest absolute Gasteiger partial charge is 0.319 e. The SMILES string of the molecule is CC1CCC(N2C(=O)CNC2c2ccccc2)C1C. The lowest BCUT2D eigenvalue weighted by Gasteiger charge is -2.34. The lowest BCUT2D eigenvalue weighted by molar-refractivity contribution is -0.131. The molecule has 1 saturated heterocycles. The van der Waals surface area contributed by atoms with Crippen LogP contribution in [0.15, 0.2) is 30.3 Å². The van der Waals surface area contributed by atoms with Gasteiger partial charge in [-0.3, -0.25) is 10.1 Å². The Balaban J connectivity index is 1.87. The normalized spacial score (nSPS) is 35.1. The summed E-state index contributed by atoms with van der Waals surface area (Å²) in [4.78, 5) is 14.4. The van der Waals surface area contributed by atoms with Crippen molar-refractivity contribution in [3.8, 4) is 0 Å². The molecule has 1 amide bonds. The minimum atomic E-state index is 0.0615.